The third-order valence-electron chi connectivity index (χ3n) is 2.19. The topological polar surface area (TPSA) is 105 Å². The molecule has 0 spiro atoms. The summed E-state index contributed by atoms with van der Waals surface area (Å²) in [7, 11) is 1.23. The Balaban J connectivity index is 3.81. The number of esters is 1. The number of methoxy groups -OCH3 is 1. The highest BCUT2D eigenvalue weighted by Gasteiger charge is 2.16. The van der Waals surface area contributed by atoms with Gasteiger partial charge in [0.25, 0.3) is 0 Å². The van der Waals surface area contributed by atoms with Gasteiger partial charge in [-0.2, -0.15) is 0 Å². The van der Waals surface area contributed by atoms with E-state index in [1.807, 2.05) is 0 Å². The molecule has 0 radical (unpaired) electrons. The normalized spacial score (nSPS) is 13.4. The molecule has 2 atom stereocenters. The summed E-state index contributed by atoms with van der Waals surface area (Å²) in [5, 5.41) is 13.4. The molecule has 98 valence electrons. The van der Waals surface area contributed by atoms with Crippen LogP contribution in [0.3, 0.4) is 0 Å². The molecule has 0 rings (SSSR count). The van der Waals surface area contributed by atoms with Crippen molar-refractivity contribution in [1.29, 1.82) is 0 Å². The molecule has 0 heterocycles. The van der Waals surface area contributed by atoms with Crippen molar-refractivity contribution in [2.75, 3.05) is 13.7 Å². The van der Waals surface area contributed by atoms with Crippen molar-refractivity contribution in [3.8, 4) is 0 Å². The van der Waals surface area contributed by atoms with E-state index in [1.54, 1.807) is 6.92 Å². The van der Waals surface area contributed by atoms with E-state index in [0.29, 0.717) is 6.42 Å². The Bertz CT molecular complexity index is 292. The van der Waals surface area contributed by atoms with Gasteiger partial charge in [0.1, 0.15) is 6.04 Å². The van der Waals surface area contributed by atoms with E-state index >= 15 is 0 Å². The lowest BCUT2D eigenvalue weighted by Crippen LogP contribution is -2.45. The summed E-state index contributed by atoms with van der Waals surface area (Å²) in [6, 6.07) is -1.27. The molecule has 2 amide bonds. The van der Waals surface area contributed by atoms with Crippen molar-refractivity contribution in [2.45, 2.75) is 26.3 Å². The first kappa shape index (κ1) is 15.2. The summed E-state index contributed by atoms with van der Waals surface area (Å²) in [5.74, 6) is -1.97. The van der Waals surface area contributed by atoms with Gasteiger partial charge in [-0.25, -0.2) is 9.59 Å². The minimum atomic E-state index is -0.907. The fourth-order valence-corrected chi connectivity index (χ4v) is 1.01. The number of nitrogens with one attached hydrogen (secondary N) is 2. The Kier molecular flexibility index (Phi) is 6.69. The molecule has 7 heteroatoms. The molecule has 0 aromatic heterocycles. The minimum absolute atomic E-state index is 0.229. The van der Waals surface area contributed by atoms with Crippen LogP contribution >= 0.6 is 0 Å². The number of rotatable bonds is 6. The van der Waals surface area contributed by atoms with Gasteiger partial charge in [0, 0.05) is 6.54 Å². The fourth-order valence-electron chi connectivity index (χ4n) is 1.01. The molecule has 0 aromatic rings. The summed E-state index contributed by atoms with van der Waals surface area (Å²) in [6.45, 7) is 3.28. The van der Waals surface area contributed by atoms with Crippen molar-refractivity contribution < 1.29 is 24.2 Å². The van der Waals surface area contributed by atoms with E-state index in [2.05, 4.69) is 15.4 Å². The number of amides is 2. The third kappa shape index (κ3) is 6.39. The maximum Gasteiger partial charge on any atom is 0.328 e. The van der Waals surface area contributed by atoms with E-state index in [1.165, 1.54) is 14.0 Å². The number of hydrogen-bond donors (Lipinski definition) is 3. The van der Waals surface area contributed by atoms with Gasteiger partial charge in [-0.15, -0.1) is 0 Å². The average molecular weight is 246 g/mol. The van der Waals surface area contributed by atoms with E-state index in [4.69, 9.17) is 5.11 Å². The van der Waals surface area contributed by atoms with Crippen LogP contribution in [0.5, 0.6) is 0 Å². The monoisotopic (exact) mass is 246 g/mol. The third-order valence-corrected chi connectivity index (χ3v) is 2.19. The first-order valence-electron chi connectivity index (χ1n) is 5.23. The molecule has 0 aliphatic rings. The summed E-state index contributed by atoms with van der Waals surface area (Å²) in [6.07, 6.45) is 0.329. The number of carbonyl (C=O) groups is 3. The van der Waals surface area contributed by atoms with E-state index < -0.39 is 29.9 Å². The first-order chi connectivity index (χ1) is 7.88. The lowest BCUT2D eigenvalue weighted by molar-refractivity contribution is -0.142. The molecule has 0 saturated heterocycles. The highest BCUT2D eigenvalue weighted by Crippen LogP contribution is 1.99. The average Bonchev–Trinajstić information content (AvgIpc) is 2.27. The van der Waals surface area contributed by atoms with Gasteiger partial charge < -0.3 is 20.5 Å². The first-order valence-corrected chi connectivity index (χ1v) is 5.23. The minimum Gasteiger partial charge on any atom is -0.481 e. The standard InChI is InChI=1S/C10H18N2O5/c1-6(8(13)14)4-5-11-10(16)12-7(2)9(15)17-3/h6-7H,4-5H2,1-3H3,(H,13,14)(H2,11,12,16). The predicted octanol–water partition coefficient (Wildman–Crippen LogP) is -0.0421. The number of carboxylic acids is 1. The quantitative estimate of drug-likeness (QED) is 0.570. The van der Waals surface area contributed by atoms with Crippen molar-refractivity contribution in [1.82, 2.24) is 10.6 Å². The SMILES string of the molecule is COC(=O)C(C)NC(=O)NCCC(C)C(=O)O. The molecule has 2 unspecified atom stereocenters. The summed E-state index contributed by atoms with van der Waals surface area (Å²) in [5.41, 5.74) is 0. The Morgan fingerprint density at radius 1 is 1.29 bits per heavy atom. The van der Waals surface area contributed by atoms with E-state index in [9.17, 15) is 14.4 Å². The number of hydrogen-bond acceptors (Lipinski definition) is 4. The van der Waals surface area contributed by atoms with Crippen LogP contribution < -0.4 is 10.6 Å². The van der Waals surface area contributed by atoms with Crippen LogP contribution in [0.15, 0.2) is 0 Å². The Morgan fingerprint density at radius 3 is 2.35 bits per heavy atom. The van der Waals surface area contributed by atoms with E-state index in [0.717, 1.165) is 0 Å². The molecule has 17 heavy (non-hydrogen) atoms. The number of carboxylic acid groups (broad SMARTS) is 1. The van der Waals surface area contributed by atoms with Crippen LogP contribution in [-0.4, -0.2) is 42.8 Å². The molecule has 0 saturated carbocycles. The van der Waals surface area contributed by atoms with Gasteiger partial charge in [0.05, 0.1) is 13.0 Å². The second-order valence-corrected chi connectivity index (χ2v) is 3.67. The number of ether oxygens (including phenoxy) is 1. The van der Waals surface area contributed by atoms with Crippen molar-refractivity contribution >= 4 is 18.0 Å². The number of aliphatic carboxylic acids is 1. The highest BCUT2D eigenvalue weighted by atomic mass is 16.5. The fraction of sp³-hybridized carbons (Fsp3) is 0.700. The Hall–Kier alpha value is -1.79. The maximum absolute atomic E-state index is 11.2. The van der Waals surface area contributed by atoms with Crippen LogP contribution in [0, 0.1) is 5.92 Å². The van der Waals surface area contributed by atoms with Gasteiger partial charge in [-0.05, 0) is 13.3 Å². The summed E-state index contributed by atoms with van der Waals surface area (Å²) in [4.78, 5) is 32.7. The Labute approximate surface area is 99.5 Å². The molecule has 0 fully saturated rings. The molecule has 3 N–H and O–H groups in total. The molecule has 0 aliphatic carbocycles. The van der Waals surface area contributed by atoms with Gasteiger partial charge in [0.15, 0.2) is 0 Å². The smallest absolute Gasteiger partial charge is 0.328 e. The zero-order valence-corrected chi connectivity index (χ0v) is 10.1. The van der Waals surface area contributed by atoms with Crippen LogP contribution in [0.1, 0.15) is 20.3 Å². The largest absolute Gasteiger partial charge is 0.481 e. The van der Waals surface area contributed by atoms with E-state index in [-0.39, 0.29) is 6.54 Å². The Morgan fingerprint density at radius 2 is 1.88 bits per heavy atom. The molecule has 0 aromatic carbocycles. The van der Waals surface area contributed by atoms with Crippen LogP contribution in [0.4, 0.5) is 4.79 Å². The molecule has 0 aliphatic heterocycles. The van der Waals surface area contributed by atoms with Crippen LogP contribution in [0.25, 0.3) is 0 Å². The van der Waals surface area contributed by atoms with Crippen LogP contribution in [0.2, 0.25) is 0 Å². The number of urea groups is 1. The van der Waals surface area contributed by atoms with Gasteiger partial charge in [0.2, 0.25) is 0 Å². The van der Waals surface area contributed by atoms with Crippen LogP contribution in [-0.2, 0) is 14.3 Å². The maximum atomic E-state index is 11.2. The lowest BCUT2D eigenvalue weighted by Gasteiger charge is -2.13. The summed E-state index contributed by atoms with van der Waals surface area (Å²) < 4.78 is 4.43. The van der Waals surface area contributed by atoms with Crippen molar-refractivity contribution in [3.05, 3.63) is 0 Å². The lowest BCUT2D eigenvalue weighted by atomic mass is 10.1. The molecular formula is C10H18N2O5. The zero-order chi connectivity index (χ0) is 13.4. The second-order valence-electron chi connectivity index (χ2n) is 3.67. The second kappa shape index (κ2) is 7.48. The molecule has 7 nitrogen and oxygen atoms in total. The molecular weight excluding hydrogens is 228 g/mol. The summed E-state index contributed by atoms with van der Waals surface area (Å²) >= 11 is 0. The van der Waals surface area contributed by atoms with Crippen molar-refractivity contribution in [2.24, 2.45) is 5.92 Å². The zero-order valence-electron chi connectivity index (χ0n) is 10.1. The highest BCUT2D eigenvalue weighted by molar-refractivity contribution is 5.83. The van der Waals surface area contributed by atoms with Crippen molar-refractivity contribution in [3.63, 3.8) is 0 Å². The van der Waals surface area contributed by atoms with Gasteiger partial charge in [-0.1, -0.05) is 6.92 Å². The molecule has 0 bridgehead atoms. The van der Waals surface area contributed by atoms with Gasteiger partial charge >= 0.3 is 18.0 Å². The predicted molar refractivity (Wildman–Crippen MR) is 59.4 cm³/mol. The van der Waals surface area contributed by atoms with Gasteiger partial charge in [-0.3, -0.25) is 4.79 Å². The number of carbonyl (C=O) groups excluding carboxylic acids is 2.